The lowest BCUT2D eigenvalue weighted by atomic mass is 9.78. The summed E-state index contributed by atoms with van der Waals surface area (Å²) in [5.74, 6) is -1.38. The average Bonchev–Trinajstić information content (AvgIpc) is 3.08. The fourth-order valence-electron chi connectivity index (χ4n) is 6.31. The maximum atomic E-state index is 13.7. The van der Waals surface area contributed by atoms with Crippen molar-refractivity contribution in [2.75, 3.05) is 64.6 Å². The minimum Gasteiger partial charge on any atom is -0.388 e. The van der Waals surface area contributed by atoms with Crippen molar-refractivity contribution in [1.82, 2.24) is 10.2 Å². The molecule has 3 unspecified atom stereocenters. The van der Waals surface area contributed by atoms with Crippen LogP contribution in [-0.4, -0.2) is 87.1 Å². The number of anilines is 1. The highest BCUT2D eigenvalue weighted by Gasteiger charge is 2.48. The Morgan fingerprint density at radius 1 is 1.04 bits per heavy atom. The second-order valence-electron chi connectivity index (χ2n) is 12.9. The number of aliphatic hydroxyl groups excluding tert-OH is 1. The third kappa shape index (κ3) is 9.70. The van der Waals surface area contributed by atoms with E-state index in [0.717, 1.165) is 24.2 Å². The Bertz CT molecular complexity index is 1500. The molecule has 2 saturated heterocycles. The molecule has 3 aromatic carbocycles. The molecule has 264 valence electrons. The van der Waals surface area contributed by atoms with Gasteiger partial charge in [0.15, 0.2) is 0 Å². The lowest BCUT2D eigenvalue weighted by Crippen LogP contribution is -2.55. The molecule has 9 nitrogen and oxygen atoms in total. The van der Waals surface area contributed by atoms with Crippen LogP contribution < -0.4 is 10.2 Å². The Balaban J connectivity index is 1.16. The van der Waals surface area contributed by atoms with Crippen molar-refractivity contribution in [1.29, 1.82) is 0 Å². The highest BCUT2D eigenvalue weighted by molar-refractivity contribution is 6.03. The second-order valence-corrected chi connectivity index (χ2v) is 12.9. The monoisotopic (exact) mass is 679 g/mol. The summed E-state index contributed by atoms with van der Waals surface area (Å²) < 4.78 is 44.0. The van der Waals surface area contributed by atoms with Crippen LogP contribution in [0, 0.1) is 17.6 Å². The predicted molar refractivity (Wildman–Crippen MR) is 182 cm³/mol. The third-order valence-corrected chi connectivity index (χ3v) is 9.39. The van der Waals surface area contributed by atoms with Gasteiger partial charge in [-0.2, -0.15) is 0 Å². The molecule has 0 aromatic heterocycles. The largest absolute Gasteiger partial charge is 0.388 e. The van der Waals surface area contributed by atoms with E-state index in [1.165, 1.54) is 24.3 Å². The van der Waals surface area contributed by atoms with Crippen LogP contribution in [0.4, 0.5) is 14.5 Å². The average molecular weight is 680 g/mol. The number of nitrogens with one attached hydrogen (secondary N) is 1. The summed E-state index contributed by atoms with van der Waals surface area (Å²) >= 11 is 0. The normalized spacial score (nSPS) is 19.0. The van der Waals surface area contributed by atoms with Crippen molar-refractivity contribution in [2.24, 2.45) is 5.92 Å². The van der Waals surface area contributed by atoms with Crippen molar-refractivity contribution < 1.29 is 37.7 Å². The van der Waals surface area contributed by atoms with Gasteiger partial charge < -0.3 is 34.4 Å². The van der Waals surface area contributed by atoms with Gasteiger partial charge in [0.1, 0.15) is 23.8 Å². The number of hydrogen-bond donors (Lipinski definition) is 2. The Morgan fingerprint density at radius 3 is 2.35 bits per heavy atom. The van der Waals surface area contributed by atoms with Crippen LogP contribution in [0.2, 0.25) is 0 Å². The molecule has 11 heteroatoms. The predicted octanol–water partition coefficient (Wildman–Crippen LogP) is 4.99. The Morgan fingerprint density at radius 2 is 1.71 bits per heavy atom. The maximum absolute atomic E-state index is 13.7. The van der Waals surface area contributed by atoms with Crippen LogP contribution in [0.15, 0.2) is 72.8 Å². The fraction of sp³-hybridized carbons (Fsp3) is 0.474. The van der Waals surface area contributed by atoms with Crippen molar-refractivity contribution in [2.45, 2.75) is 50.4 Å². The van der Waals surface area contributed by atoms with Crippen molar-refractivity contribution in [3.8, 4) is 0 Å². The first kappa shape index (κ1) is 36.5. The van der Waals surface area contributed by atoms with Gasteiger partial charge >= 0.3 is 0 Å². The number of carbonyl (C=O) groups is 2. The molecule has 2 amide bonds. The number of amides is 2. The van der Waals surface area contributed by atoms with Crippen molar-refractivity contribution in [3.05, 3.63) is 101 Å². The summed E-state index contributed by atoms with van der Waals surface area (Å²) in [5.41, 5.74) is 2.71. The topological polar surface area (TPSA) is 101 Å². The first-order chi connectivity index (χ1) is 23.7. The fourth-order valence-corrected chi connectivity index (χ4v) is 6.31. The van der Waals surface area contributed by atoms with Gasteiger partial charge in [-0.1, -0.05) is 36.4 Å². The summed E-state index contributed by atoms with van der Waals surface area (Å²) in [6.45, 7) is 6.20. The number of benzene rings is 3. The molecule has 0 bridgehead atoms. The van der Waals surface area contributed by atoms with Gasteiger partial charge in [0.05, 0.1) is 37.9 Å². The molecule has 3 aromatic rings. The van der Waals surface area contributed by atoms with Crippen LogP contribution >= 0.6 is 0 Å². The molecule has 0 radical (unpaired) electrons. The zero-order valence-electron chi connectivity index (χ0n) is 28.3. The first-order valence-corrected chi connectivity index (χ1v) is 17.0. The lowest BCUT2D eigenvalue weighted by Gasteiger charge is -2.48. The van der Waals surface area contributed by atoms with Gasteiger partial charge in [0.2, 0.25) is 11.8 Å². The van der Waals surface area contributed by atoms with E-state index < -0.39 is 11.7 Å². The number of carbonyl (C=O) groups excluding carboxylic acids is 2. The maximum Gasteiger partial charge on any atom is 0.246 e. The summed E-state index contributed by atoms with van der Waals surface area (Å²) in [6.07, 6.45) is 1.34. The van der Waals surface area contributed by atoms with E-state index in [0.29, 0.717) is 69.9 Å². The third-order valence-electron chi connectivity index (χ3n) is 9.39. The molecule has 2 N–H and O–H groups in total. The first-order valence-electron chi connectivity index (χ1n) is 17.0. The van der Waals surface area contributed by atoms with Gasteiger partial charge in [-0.15, -0.1) is 0 Å². The SMILES string of the molecule is CCOCCN(C)CCNC(=O)COC1(CCc2ccc(C3C(CCC(O)c4ccc(F)cc4)C(=O)N3c3ccc(F)cc3)cc2)COC1. The molecular formula is C38H47F2N3O6. The zero-order valence-corrected chi connectivity index (χ0v) is 28.3. The van der Waals surface area contributed by atoms with E-state index in [2.05, 4.69) is 10.2 Å². The van der Waals surface area contributed by atoms with Gasteiger partial charge in [-0.25, -0.2) is 8.78 Å². The van der Waals surface area contributed by atoms with Crippen LogP contribution in [0.1, 0.15) is 55.0 Å². The molecule has 2 heterocycles. The van der Waals surface area contributed by atoms with E-state index in [-0.39, 0.29) is 42.0 Å². The molecule has 0 aliphatic carbocycles. The van der Waals surface area contributed by atoms with Gasteiger partial charge in [0, 0.05) is 31.9 Å². The standard InChI is InChI=1S/C38H47F2N3O6/c1-3-47-23-22-42(2)21-20-41-35(45)24-49-38(25-48-26-38)19-18-27-4-6-29(7-5-27)36-33(16-17-34(44)28-8-10-30(39)11-9-28)37(46)43(36)32-14-12-31(40)13-15-32/h4-15,33-34,36,44H,3,16-26H2,1-2H3,(H,41,45). The van der Waals surface area contributed by atoms with Gasteiger partial charge in [0.25, 0.3) is 0 Å². The molecule has 0 saturated carbocycles. The molecule has 2 fully saturated rings. The molecule has 0 spiro atoms. The molecule has 49 heavy (non-hydrogen) atoms. The van der Waals surface area contributed by atoms with Gasteiger partial charge in [-0.3, -0.25) is 9.59 Å². The Hall–Kier alpha value is -3.74. The van der Waals surface area contributed by atoms with Gasteiger partial charge in [-0.05, 0) is 92.7 Å². The number of β-lactam (4-membered cyclic amide) rings is 1. The number of nitrogens with zero attached hydrogens (tertiary/aromatic N) is 2. The number of ether oxygens (including phenoxy) is 3. The molecule has 5 rings (SSSR count). The van der Waals surface area contributed by atoms with E-state index >= 15 is 0 Å². The summed E-state index contributed by atoms with van der Waals surface area (Å²) in [4.78, 5) is 29.7. The minimum atomic E-state index is -0.829. The lowest BCUT2D eigenvalue weighted by molar-refractivity contribution is -0.212. The zero-order chi connectivity index (χ0) is 34.8. The molecule has 3 atom stereocenters. The van der Waals surface area contributed by atoms with E-state index in [1.54, 1.807) is 29.2 Å². The minimum absolute atomic E-state index is 0.0306. The van der Waals surface area contributed by atoms with Crippen LogP contribution in [0.25, 0.3) is 0 Å². The van der Waals surface area contributed by atoms with Crippen molar-refractivity contribution >= 4 is 17.5 Å². The summed E-state index contributed by atoms with van der Waals surface area (Å²) in [5, 5.41) is 13.7. The Kier molecular flexibility index (Phi) is 12.9. The van der Waals surface area contributed by atoms with Crippen LogP contribution in [0.5, 0.6) is 0 Å². The van der Waals surface area contributed by atoms with Crippen LogP contribution in [-0.2, 0) is 30.2 Å². The quantitative estimate of drug-likeness (QED) is 0.136. The summed E-state index contributed by atoms with van der Waals surface area (Å²) in [7, 11) is 1.99. The van der Waals surface area contributed by atoms with E-state index in [9.17, 15) is 23.5 Å². The molecule has 2 aliphatic heterocycles. The smallest absolute Gasteiger partial charge is 0.246 e. The molecular weight excluding hydrogens is 632 g/mol. The number of rotatable bonds is 19. The van der Waals surface area contributed by atoms with E-state index in [4.69, 9.17) is 14.2 Å². The van der Waals surface area contributed by atoms with E-state index in [1.807, 2.05) is 38.2 Å². The number of aliphatic hydroxyl groups is 1. The highest BCUT2D eigenvalue weighted by Crippen LogP contribution is 2.46. The molecule has 2 aliphatic rings. The van der Waals surface area contributed by atoms with Crippen LogP contribution in [0.3, 0.4) is 0 Å². The highest BCUT2D eigenvalue weighted by atomic mass is 19.1. The summed E-state index contributed by atoms with van der Waals surface area (Å²) in [6, 6.07) is 19.4. The number of aryl methyl sites for hydroxylation is 1. The number of halogens is 2. The number of hydrogen-bond acceptors (Lipinski definition) is 7. The Labute approximate surface area is 287 Å². The number of likely N-dealkylation sites (N-methyl/N-ethyl adjacent to an activating group) is 1. The second kappa shape index (κ2) is 17.3. The van der Waals surface area contributed by atoms with Crippen molar-refractivity contribution in [3.63, 3.8) is 0 Å².